The van der Waals surface area contributed by atoms with E-state index in [4.69, 9.17) is 10.5 Å². The van der Waals surface area contributed by atoms with Crippen LogP contribution in [0.2, 0.25) is 0 Å². The third kappa shape index (κ3) is 2.45. The molecule has 0 saturated heterocycles. The van der Waals surface area contributed by atoms with Gasteiger partial charge in [-0.25, -0.2) is 4.39 Å². The minimum absolute atomic E-state index is 0.212. The van der Waals surface area contributed by atoms with Crippen molar-refractivity contribution in [2.75, 3.05) is 13.7 Å². The average Bonchev–Trinajstić information content (AvgIpc) is 2.19. The molecule has 2 N–H and O–H groups in total. The van der Waals surface area contributed by atoms with Crippen LogP contribution < -0.4 is 10.5 Å². The van der Waals surface area contributed by atoms with Crippen molar-refractivity contribution in [2.45, 2.75) is 19.8 Å². The van der Waals surface area contributed by atoms with Gasteiger partial charge in [0.2, 0.25) is 0 Å². The number of methoxy groups -OCH3 is 1. The summed E-state index contributed by atoms with van der Waals surface area (Å²) in [6, 6.07) is 3.42. The first-order valence-corrected chi connectivity index (χ1v) is 4.72. The van der Waals surface area contributed by atoms with Crippen LogP contribution in [-0.2, 0) is 6.42 Å². The highest BCUT2D eigenvalue weighted by molar-refractivity contribution is 5.37. The lowest BCUT2D eigenvalue weighted by molar-refractivity contribution is 0.406. The standard InChI is InChI=1S/C11H16FNO/c1-8-10(12)6-9(4-3-5-13)7-11(8)14-2/h6-7H,3-5,13H2,1-2H3. The van der Waals surface area contributed by atoms with Crippen molar-refractivity contribution in [2.24, 2.45) is 5.73 Å². The lowest BCUT2D eigenvalue weighted by Crippen LogP contribution is -2.01. The number of benzene rings is 1. The van der Waals surface area contributed by atoms with Crippen LogP contribution in [0.25, 0.3) is 0 Å². The predicted molar refractivity (Wildman–Crippen MR) is 55.1 cm³/mol. The molecule has 0 saturated carbocycles. The van der Waals surface area contributed by atoms with Gasteiger partial charge in [0.05, 0.1) is 7.11 Å². The first kappa shape index (κ1) is 11.0. The van der Waals surface area contributed by atoms with Gasteiger partial charge in [-0.3, -0.25) is 0 Å². The summed E-state index contributed by atoms with van der Waals surface area (Å²) in [6.45, 7) is 2.33. The molecule has 1 aromatic carbocycles. The Morgan fingerprint density at radius 1 is 1.43 bits per heavy atom. The second-order valence-corrected chi connectivity index (χ2v) is 3.30. The fourth-order valence-corrected chi connectivity index (χ4v) is 1.37. The Labute approximate surface area is 83.9 Å². The third-order valence-corrected chi connectivity index (χ3v) is 2.25. The smallest absolute Gasteiger partial charge is 0.130 e. The summed E-state index contributed by atoms with van der Waals surface area (Å²) in [6.07, 6.45) is 1.66. The highest BCUT2D eigenvalue weighted by Gasteiger charge is 2.06. The van der Waals surface area contributed by atoms with Crippen LogP contribution in [0.4, 0.5) is 4.39 Å². The number of ether oxygens (including phenoxy) is 1. The molecule has 0 aliphatic heterocycles. The molecule has 0 bridgehead atoms. The molecule has 0 atom stereocenters. The minimum atomic E-state index is -0.212. The van der Waals surface area contributed by atoms with Gasteiger partial charge in [-0.15, -0.1) is 0 Å². The summed E-state index contributed by atoms with van der Waals surface area (Å²) in [7, 11) is 1.55. The Hall–Kier alpha value is -1.09. The van der Waals surface area contributed by atoms with E-state index in [2.05, 4.69) is 0 Å². The zero-order chi connectivity index (χ0) is 10.6. The molecular formula is C11H16FNO. The van der Waals surface area contributed by atoms with Gasteiger partial charge in [0.25, 0.3) is 0 Å². The van der Waals surface area contributed by atoms with E-state index < -0.39 is 0 Å². The molecule has 0 aliphatic rings. The normalized spacial score (nSPS) is 10.3. The molecule has 0 aromatic heterocycles. The predicted octanol–water partition coefficient (Wildman–Crippen LogP) is 2.03. The van der Waals surface area contributed by atoms with E-state index >= 15 is 0 Å². The molecule has 2 nitrogen and oxygen atoms in total. The van der Waals surface area contributed by atoms with Crippen LogP contribution in [0.5, 0.6) is 5.75 Å². The van der Waals surface area contributed by atoms with Crippen molar-refractivity contribution in [1.82, 2.24) is 0 Å². The lowest BCUT2D eigenvalue weighted by Gasteiger charge is -2.08. The number of hydrogen-bond acceptors (Lipinski definition) is 2. The number of rotatable bonds is 4. The Kier molecular flexibility index (Phi) is 3.89. The molecule has 14 heavy (non-hydrogen) atoms. The quantitative estimate of drug-likeness (QED) is 0.801. The zero-order valence-corrected chi connectivity index (χ0v) is 8.64. The van der Waals surface area contributed by atoms with Gasteiger partial charge < -0.3 is 10.5 Å². The van der Waals surface area contributed by atoms with Crippen LogP contribution in [0, 0.1) is 12.7 Å². The Morgan fingerprint density at radius 3 is 2.71 bits per heavy atom. The number of halogens is 1. The summed E-state index contributed by atoms with van der Waals surface area (Å²) in [4.78, 5) is 0. The maximum atomic E-state index is 13.3. The van der Waals surface area contributed by atoms with Gasteiger partial charge >= 0.3 is 0 Å². The van der Waals surface area contributed by atoms with E-state index in [1.807, 2.05) is 6.07 Å². The van der Waals surface area contributed by atoms with Gasteiger partial charge in [0, 0.05) is 5.56 Å². The zero-order valence-electron chi connectivity index (χ0n) is 8.64. The summed E-state index contributed by atoms with van der Waals surface area (Å²) < 4.78 is 18.4. The highest BCUT2D eigenvalue weighted by atomic mass is 19.1. The maximum Gasteiger partial charge on any atom is 0.130 e. The van der Waals surface area contributed by atoms with E-state index in [0.29, 0.717) is 17.9 Å². The van der Waals surface area contributed by atoms with Gasteiger partial charge in [0.15, 0.2) is 0 Å². The molecule has 0 fully saturated rings. The minimum Gasteiger partial charge on any atom is -0.496 e. The first-order chi connectivity index (χ1) is 6.69. The third-order valence-electron chi connectivity index (χ3n) is 2.25. The van der Waals surface area contributed by atoms with Crippen molar-refractivity contribution < 1.29 is 9.13 Å². The SMILES string of the molecule is COc1cc(CCCN)cc(F)c1C. The first-order valence-electron chi connectivity index (χ1n) is 4.72. The van der Waals surface area contributed by atoms with E-state index in [1.165, 1.54) is 0 Å². The van der Waals surface area contributed by atoms with Crippen LogP contribution >= 0.6 is 0 Å². The molecule has 0 unspecified atom stereocenters. The summed E-state index contributed by atoms with van der Waals surface area (Å²) in [5.41, 5.74) is 6.89. The molecule has 0 spiro atoms. The summed E-state index contributed by atoms with van der Waals surface area (Å²) in [5.74, 6) is 0.397. The molecule has 0 aliphatic carbocycles. The number of nitrogens with two attached hydrogens (primary N) is 1. The molecule has 0 radical (unpaired) electrons. The van der Waals surface area contributed by atoms with Crippen LogP contribution in [0.3, 0.4) is 0 Å². The lowest BCUT2D eigenvalue weighted by atomic mass is 10.1. The van der Waals surface area contributed by atoms with Crippen molar-refractivity contribution in [3.8, 4) is 5.75 Å². The van der Waals surface area contributed by atoms with Crippen molar-refractivity contribution in [3.63, 3.8) is 0 Å². The van der Waals surface area contributed by atoms with E-state index in [0.717, 1.165) is 18.4 Å². The monoisotopic (exact) mass is 197 g/mol. The summed E-state index contributed by atoms with van der Waals surface area (Å²) >= 11 is 0. The largest absolute Gasteiger partial charge is 0.496 e. The molecule has 78 valence electrons. The molecule has 3 heteroatoms. The second kappa shape index (κ2) is 4.96. The van der Waals surface area contributed by atoms with E-state index in [9.17, 15) is 4.39 Å². The molecule has 1 rings (SSSR count). The van der Waals surface area contributed by atoms with Crippen molar-refractivity contribution in [3.05, 3.63) is 29.1 Å². The van der Waals surface area contributed by atoms with Gasteiger partial charge in [-0.05, 0) is 44.0 Å². The Bertz CT molecular complexity index is 312. The van der Waals surface area contributed by atoms with Crippen molar-refractivity contribution >= 4 is 0 Å². The number of hydrogen-bond donors (Lipinski definition) is 1. The topological polar surface area (TPSA) is 35.2 Å². The molecule has 1 aromatic rings. The Balaban J connectivity index is 2.91. The maximum absolute atomic E-state index is 13.3. The molecule has 0 heterocycles. The molecular weight excluding hydrogens is 181 g/mol. The van der Waals surface area contributed by atoms with Gasteiger partial charge in [0.1, 0.15) is 11.6 Å². The second-order valence-electron chi connectivity index (χ2n) is 3.30. The van der Waals surface area contributed by atoms with Crippen LogP contribution in [0.1, 0.15) is 17.5 Å². The fourth-order valence-electron chi connectivity index (χ4n) is 1.37. The fraction of sp³-hybridized carbons (Fsp3) is 0.455. The van der Waals surface area contributed by atoms with E-state index in [-0.39, 0.29) is 5.82 Å². The van der Waals surface area contributed by atoms with Crippen LogP contribution in [0.15, 0.2) is 12.1 Å². The Morgan fingerprint density at radius 2 is 2.14 bits per heavy atom. The molecule has 0 amide bonds. The van der Waals surface area contributed by atoms with Crippen LogP contribution in [-0.4, -0.2) is 13.7 Å². The van der Waals surface area contributed by atoms with Crippen molar-refractivity contribution in [1.29, 1.82) is 0 Å². The average molecular weight is 197 g/mol. The highest BCUT2D eigenvalue weighted by Crippen LogP contribution is 2.23. The van der Waals surface area contributed by atoms with Gasteiger partial charge in [-0.1, -0.05) is 0 Å². The van der Waals surface area contributed by atoms with E-state index in [1.54, 1.807) is 20.1 Å². The van der Waals surface area contributed by atoms with Gasteiger partial charge in [-0.2, -0.15) is 0 Å². The summed E-state index contributed by atoms with van der Waals surface area (Å²) in [5, 5.41) is 0. The number of aryl methyl sites for hydroxylation is 1.